The number of hydrogen-bond acceptors (Lipinski definition) is 4. The third-order valence-electron chi connectivity index (χ3n) is 6.72. The van der Waals surface area contributed by atoms with Gasteiger partial charge in [-0.25, -0.2) is 0 Å². The predicted molar refractivity (Wildman–Crippen MR) is 125 cm³/mol. The fraction of sp³-hybridized carbons (Fsp3) is 0.720. The lowest BCUT2D eigenvalue weighted by Gasteiger charge is -2.39. The third kappa shape index (κ3) is 6.05. The van der Waals surface area contributed by atoms with Crippen LogP contribution in [0.2, 0.25) is 0 Å². The highest BCUT2D eigenvalue weighted by Gasteiger charge is 2.41. The molecule has 1 amide bonds. The summed E-state index contributed by atoms with van der Waals surface area (Å²) < 4.78 is 0. The van der Waals surface area contributed by atoms with Crippen molar-refractivity contribution < 1.29 is 4.79 Å². The summed E-state index contributed by atoms with van der Waals surface area (Å²) in [5, 5.41) is 6.95. The molecule has 0 aromatic heterocycles. The Hall–Kier alpha value is -1.43. The van der Waals surface area contributed by atoms with E-state index in [1.165, 1.54) is 42.5 Å². The number of piperidine rings is 1. The zero-order valence-electron chi connectivity index (χ0n) is 19.7. The molecule has 1 aromatic rings. The zero-order valence-corrected chi connectivity index (χ0v) is 19.7. The summed E-state index contributed by atoms with van der Waals surface area (Å²) in [5.74, 6) is 0.206. The molecule has 2 saturated heterocycles. The first-order chi connectivity index (χ1) is 14.4. The smallest absolute Gasteiger partial charge is 0.237 e. The summed E-state index contributed by atoms with van der Waals surface area (Å²) in [4.78, 5) is 18.1. The van der Waals surface area contributed by atoms with Crippen molar-refractivity contribution in [1.82, 2.24) is 20.4 Å². The Morgan fingerprint density at radius 1 is 1.20 bits per heavy atom. The summed E-state index contributed by atoms with van der Waals surface area (Å²) in [7, 11) is 0. The van der Waals surface area contributed by atoms with Crippen LogP contribution in [0.1, 0.15) is 63.1 Å². The van der Waals surface area contributed by atoms with E-state index in [4.69, 9.17) is 0 Å². The Bertz CT molecular complexity index is 696. The van der Waals surface area contributed by atoms with Crippen LogP contribution >= 0.6 is 0 Å². The Morgan fingerprint density at radius 3 is 2.60 bits per heavy atom. The molecular weight excluding hydrogens is 372 g/mol. The predicted octanol–water partition coefficient (Wildman–Crippen LogP) is 3.23. The molecule has 0 saturated carbocycles. The average Bonchev–Trinajstić information content (AvgIpc) is 3.13. The zero-order chi connectivity index (χ0) is 21.7. The molecule has 0 radical (unpaired) electrons. The van der Waals surface area contributed by atoms with Crippen molar-refractivity contribution in [3.63, 3.8) is 0 Å². The minimum Gasteiger partial charge on any atom is -0.353 e. The van der Waals surface area contributed by atoms with E-state index in [0.29, 0.717) is 12.1 Å². The van der Waals surface area contributed by atoms with Gasteiger partial charge in [0.2, 0.25) is 5.91 Å². The van der Waals surface area contributed by atoms with Crippen molar-refractivity contribution in [2.24, 2.45) is 0 Å². The second kappa shape index (κ2) is 10.7. The second-order valence-corrected chi connectivity index (χ2v) is 9.69. The van der Waals surface area contributed by atoms with Gasteiger partial charge in [-0.2, -0.15) is 0 Å². The van der Waals surface area contributed by atoms with Crippen molar-refractivity contribution in [3.05, 3.63) is 34.9 Å². The Kier molecular flexibility index (Phi) is 8.32. The lowest BCUT2D eigenvalue weighted by molar-refractivity contribution is -0.127. The number of nitrogens with zero attached hydrogens (tertiary/aromatic N) is 2. The number of likely N-dealkylation sites (tertiary alicyclic amines) is 2. The molecule has 0 unspecified atom stereocenters. The Labute approximate surface area is 183 Å². The van der Waals surface area contributed by atoms with Crippen molar-refractivity contribution in [3.8, 4) is 0 Å². The van der Waals surface area contributed by atoms with Crippen LogP contribution in [0.15, 0.2) is 18.2 Å². The van der Waals surface area contributed by atoms with E-state index in [-0.39, 0.29) is 18.0 Å². The number of hydrogen-bond donors (Lipinski definition) is 2. The highest BCUT2D eigenvalue weighted by atomic mass is 16.2. The van der Waals surface area contributed by atoms with Gasteiger partial charge in [0.1, 0.15) is 0 Å². The highest BCUT2D eigenvalue weighted by molar-refractivity contribution is 5.82. The van der Waals surface area contributed by atoms with Gasteiger partial charge in [0.05, 0.1) is 6.04 Å². The number of carbonyl (C=O) groups is 1. The van der Waals surface area contributed by atoms with E-state index in [1.807, 2.05) is 0 Å². The molecule has 3 rings (SSSR count). The number of benzene rings is 1. The first-order valence-corrected chi connectivity index (χ1v) is 11.9. The van der Waals surface area contributed by atoms with E-state index in [0.717, 1.165) is 32.6 Å². The minimum absolute atomic E-state index is 0.00812. The molecule has 2 fully saturated rings. The quantitative estimate of drug-likeness (QED) is 0.686. The maximum atomic E-state index is 13.0. The van der Waals surface area contributed by atoms with Gasteiger partial charge in [-0.15, -0.1) is 0 Å². The SMILES string of the molecule is CCCN1CCC(N2C[C@@H](NCc3cc(C)ccc3C)C[C@H]2C(=O)NC(C)C)CC1. The normalized spacial score (nSPS) is 23.9. The molecule has 0 aliphatic carbocycles. The summed E-state index contributed by atoms with van der Waals surface area (Å²) in [6.07, 6.45) is 4.47. The summed E-state index contributed by atoms with van der Waals surface area (Å²) in [6.45, 7) is 16.1. The summed E-state index contributed by atoms with van der Waals surface area (Å²) >= 11 is 0. The standard InChI is InChI=1S/C25H42N4O/c1-6-11-28-12-9-23(10-13-28)29-17-22(15-24(29)25(30)27-18(2)3)26-16-21-14-19(4)7-8-20(21)5/h7-8,14,18,22-24,26H,6,9-13,15-17H2,1-5H3,(H,27,30)/t22-,24-/m0/s1. The molecule has 1 aromatic carbocycles. The van der Waals surface area contributed by atoms with Crippen LogP contribution in [0.4, 0.5) is 0 Å². The van der Waals surface area contributed by atoms with Gasteiger partial charge in [-0.3, -0.25) is 9.69 Å². The van der Waals surface area contributed by atoms with E-state index in [9.17, 15) is 4.79 Å². The van der Waals surface area contributed by atoms with E-state index >= 15 is 0 Å². The van der Waals surface area contributed by atoms with Gasteiger partial charge < -0.3 is 15.5 Å². The number of rotatable bonds is 8. The van der Waals surface area contributed by atoms with Crippen LogP contribution in [0, 0.1) is 13.8 Å². The van der Waals surface area contributed by atoms with Crippen molar-refractivity contribution >= 4 is 5.91 Å². The maximum absolute atomic E-state index is 13.0. The van der Waals surface area contributed by atoms with Crippen LogP contribution in [0.25, 0.3) is 0 Å². The Balaban J connectivity index is 1.64. The molecule has 2 aliphatic rings. The monoisotopic (exact) mass is 414 g/mol. The molecule has 0 spiro atoms. The highest BCUT2D eigenvalue weighted by Crippen LogP contribution is 2.27. The van der Waals surface area contributed by atoms with Gasteiger partial charge in [-0.1, -0.05) is 30.7 Å². The van der Waals surface area contributed by atoms with Crippen LogP contribution < -0.4 is 10.6 Å². The first kappa shape index (κ1) is 23.2. The molecular formula is C25H42N4O. The number of aryl methyl sites for hydroxylation is 2. The maximum Gasteiger partial charge on any atom is 0.237 e. The third-order valence-corrected chi connectivity index (χ3v) is 6.72. The largest absolute Gasteiger partial charge is 0.353 e. The molecule has 30 heavy (non-hydrogen) atoms. The van der Waals surface area contributed by atoms with Crippen LogP contribution in [-0.4, -0.2) is 66.1 Å². The van der Waals surface area contributed by atoms with E-state index < -0.39 is 0 Å². The van der Waals surface area contributed by atoms with E-state index in [1.54, 1.807) is 0 Å². The van der Waals surface area contributed by atoms with Crippen molar-refractivity contribution in [2.75, 3.05) is 26.2 Å². The van der Waals surface area contributed by atoms with E-state index in [2.05, 4.69) is 73.3 Å². The summed E-state index contributed by atoms with van der Waals surface area (Å²) in [6, 6.07) is 7.72. The number of carbonyl (C=O) groups excluding carboxylic acids is 1. The van der Waals surface area contributed by atoms with Crippen molar-refractivity contribution in [1.29, 1.82) is 0 Å². The van der Waals surface area contributed by atoms with Crippen molar-refractivity contribution in [2.45, 2.75) is 91.0 Å². The minimum atomic E-state index is -0.00812. The molecule has 2 aliphatic heterocycles. The molecule has 2 heterocycles. The molecule has 0 bridgehead atoms. The molecule has 2 atom stereocenters. The number of amides is 1. The van der Waals surface area contributed by atoms with Gasteiger partial charge in [0.15, 0.2) is 0 Å². The van der Waals surface area contributed by atoms with Crippen LogP contribution in [0.3, 0.4) is 0 Å². The van der Waals surface area contributed by atoms with Gasteiger partial charge >= 0.3 is 0 Å². The topological polar surface area (TPSA) is 47.6 Å². The first-order valence-electron chi connectivity index (χ1n) is 11.9. The number of nitrogens with one attached hydrogen (secondary N) is 2. The molecule has 5 nitrogen and oxygen atoms in total. The fourth-order valence-electron chi connectivity index (χ4n) is 5.09. The molecule has 5 heteroatoms. The lowest BCUT2D eigenvalue weighted by Crippen LogP contribution is -2.52. The fourth-order valence-corrected chi connectivity index (χ4v) is 5.09. The van der Waals surface area contributed by atoms with Gasteiger partial charge in [0.25, 0.3) is 0 Å². The van der Waals surface area contributed by atoms with Crippen LogP contribution in [0.5, 0.6) is 0 Å². The molecule has 2 N–H and O–H groups in total. The molecule has 168 valence electrons. The Morgan fingerprint density at radius 2 is 1.93 bits per heavy atom. The summed E-state index contributed by atoms with van der Waals surface area (Å²) in [5.41, 5.74) is 4.00. The second-order valence-electron chi connectivity index (χ2n) is 9.69. The van der Waals surface area contributed by atoms with Crippen LogP contribution in [-0.2, 0) is 11.3 Å². The lowest BCUT2D eigenvalue weighted by atomic mass is 10.0. The van der Waals surface area contributed by atoms with Gasteiger partial charge in [-0.05, 0) is 84.1 Å². The van der Waals surface area contributed by atoms with Gasteiger partial charge in [0, 0.05) is 31.2 Å². The average molecular weight is 415 g/mol.